The molecule has 4 nitrogen and oxygen atoms in total. The van der Waals surface area contributed by atoms with Gasteiger partial charge < -0.3 is 10.2 Å². The van der Waals surface area contributed by atoms with Crippen LogP contribution in [0.2, 0.25) is 0 Å². The predicted octanol–water partition coefficient (Wildman–Crippen LogP) is 4.12. The Morgan fingerprint density at radius 2 is 1.84 bits per heavy atom. The molecule has 0 radical (unpaired) electrons. The third kappa shape index (κ3) is 9.45. The topological polar surface area (TPSA) is 74.6 Å². The highest BCUT2D eigenvalue weighted by molar-refractivity contribution is 5.89. The summed E-state index contributed by atoms with van der Waals surface area (Å²) < 4.78 is 0. The maximum Gasteiger partial charge on any atom is 0.304 e. The largest absolute Gasteiger partial charge is 0.481 e. The third-order valence-electron chi connectivity index (χ3n) is 4.82. The quantitative estimate of drug-likeness (QED) is 0.335. The molecule has 0 saturated heterocycles. The van der Waals surface area contributed by atoms with Crippen molar-refractivity contribution in [3.8, 4) is 11.8 Å². The van der Waals surface area contributed by atoms with Crippen LogP contribution in [0.4, 0.5) is 0 Å². The number of aliphatic hydroxyl groups is 1. The number of allylic oxidation sites excluding steroid dienone is 2. The predicted molar refractivity (Wildman–Crippen MR) is 99.0 cm³/mol. The van der Waals surface area contributed by atoms with Gasteiger partial charge in [-0.3, -0.25) is 9.59 Å². The lowest BCUT2D eigenvalue weighted by molar-refractivity contribution is -0.136. The molecule has 0 spiro atoms. The number of aliphatic hydroxyl groups excluding tert-OH is 1. The van der Waals surface area contributed by atoms with Gasteiger partial charge in [0.15, 0.2) is 5.78 Å². The second-order valence-corrected chi connectivity index (χ2v) is 6.91. The van der Waals surface area contributed by atoms with E-state index in [4.69, 9.17) is 5.11 Å². The smallest absolute Gasteiger partial charge is 0.304 e. The Morgan fingerprint density at radius 3 is 2.56 bits per heavy atom. The Morgan fingerprint density at radius 1 is 1.08 bits per heavy atom. The summed E-state index contributed by atoms with van der Waals surface area (Å²) in [6, 6.07) is 0. The molecule has 0 heterocycles. The second kappa shape index (κ2) is 12.7. The van der Waals surface area contributed by atoms with E-state index in [0.29, 0.717) is 19.3 Å². The van der Waals surface area contributed by atoms with E-state index in [1.54, 1.807) is 6.08 Å². The van der Waals surface area contributed by atoms with Crippen LogP contribution in [0.1, 0.15) is 77.6 Å². The average molecular weight is 348 g/mol. The van der Waals surface area contributed by atoms with Crippen LogP contribution in [0.15, 0.2) is 12.2 Å². The van der Waals surface area contributed by atoms with Gasteiger partial charge in [0, 0.05) is 25.2 Å². The van der Waals surface area contributed by atoms with E-state index in [2.05, 4.69) is 18.8 Å². The van der Waals surface area contributed by atoms with E-state index in [-0.39, 0.29) is 30.1 Å². The minimum absolute atomic E-state index is 0.0472. The van der Waals surface area contributed by atoms with Gasteiger partial charge in [-0.05, 0) is 31.3 Å². The fourth-order valence-electron chi connectivity index (χ4n) is 3.27. The highest BCUT2D eigenvalue weighted by Gasteiger charge is 2.32. The molecule has 3 unspecified atom stereocenters. The zero-order chi connectivity index (χ0) is 18.5. The summed E-state index contributed by atoms with van der Waals surface area (Å²) in [5.41, 5.74) is 0. The van der Waals surface area contributed by atoms with Crippen LogP contribution in [-0.2, 0) is 9.59 Å². The maximum atomic E-state index is 12.0. The molecule has 3 atom stereocenters. The molecular formula is C21H32O4. The van der Waals surface area contributed by atoms with Gasteiger partial charge >= 0.3 is 5.97 Å². The zero-order valence-electron chi connectivity index (χ0n) is 15.4. The first-order valence-corrected chi connectivity index (χ1v) is 9.61. The molecule has 1 rings (SSSR count). The minimum atomic E-state index is -0.843. The van der Waals surface area contributed by atoms with Crippen LogP contribution in [0.3, 0.4) is 0 Å². The SMILES string of the molecule is CCCCCCCC(=O)C=CC1CCC(O)C1CC#CCCC(=O)O. The van der Waals surface area contributed by atoms with E-state index in [0.717, 1.165) is 25.7 Å². The van der Waals surface area contributed by atoms with Crippen LogP contribution in [0, 0.1) is 23.7 Å². The third-order valence-corrected chi connectivity index (χ3v) is 4.82. The van der Waals surface area contributed by atoms with E-state index < -0.39 is 5.97 Å². The normalized spacial score (nSPS) is 22.7. The Bertz CT molecular complexity index is 498. The molecule has 0 bridgehead atoms. The average Bonchev–Trinajstić information content (AvgIpc) is 2.92. The van der Waals surface area contributed by atoms with Crippen molar-refractivity contribution in [1.29, 1.82) is 0 Å². The lowest BCUT2D eigenvalue weighted by Gasteiger charge is -2.16. The van der Waals surface area contributed by atoms with Crippen LogP contribution in [0.5, 0.6) is 0 Å². The highest BCUT2D eigenvalue weighted by atomic mass is 16.4. The number of hydrogen-bond acceptors (Lipinski definition) is 3. The van der Waals surface area contributed by atoms with E-state index in [1.165, 1.54) is 19.3 Å². The number of rotatable bonds is 11. The summed E-state index contributed by atoms with van der Waals surface area (Å²) in [7, 11) is 0. The minimum Gasteiger partial charge on any atom is -0.481 e. The monoisotopic (exact) mass is 348 g/mol. The summed E-state index contributed by atoms with van der Waals surface area (Å²) in [4.78, 5) is 22.4. The van der Waals surface area contributed by atoms with E-state index in [1.807, 2.05) is 6.08 Å². The van der Waals surface area contributed by atoms with Crippen molar-refractivity contribution in [2.45, 2.75) is 83.7 Å². The molecule has 0 aliphatic heterocycles. The Balaban J connectivity index is 2.36. The van der Waals surface area contributed by atoms with Gasteiger partial charge in [0.2, 0.25) is 0 Å². The van der Waals surface area contributed by atoms with Crippen LogP contribution >= 0.6 is 0 Å². The van der Waals surface area contributed by atoms with Crippen molar-refractivity contribution in [3.63, 3.8) is 0 Å². The van der Waals surface area contributed by atoms with Gasteiger partial charge in [-0.1, -0.05) is 38.7 Å². The number of hydrogen-bond donors (Lipinski definition) is 2. The van der Waals surface area contributed by atoms with Gasteiger partial charge in [-0.2, -0.15) is 0 Å². The number of unbranched alkanes of at least 4 members (excludes halogenated alkanes) is 4. The summed E-state index contributed by atoms with van der Waals surface area (Å²) >= 11 is 0. The molecule has 4 heteroatoms. The molecule has 1 aliphatic carbocycles. The zero-order valence-corrected chi connectivity index (χ0v) is 15.4. The summed E-state index contributed by atoms with van der Waals surface area (Å²) in [6.07, 6.45) is 12.1. The standard InChI is InChI=1S/C21H32O4/c1-2-3-4-5-7-10-18(22)15-13-17-14-16-20(23)19(17)11-8-6-9-12-21(24)25/h13,15,17,19-20,23H,2-5,7,9-12,14,16H2,1H3,(H,24,25). The summed E-state index contributed by atoms with van der Waals surface area (Å²) in [5.74, 6) is 5.42. The molecule has 0 amide bonds. The first kappa shape index (κ1) is 21.4. The van der Waals surface area contributed by atoms with E-state index in [9.17, 15) is 14.7 Å². The maximum absolute atomic E-state index is 12.0. The van der Waals surface area contributed by atoms with Crippen LogP contribution in [-0.4, -0.2) is 28.1 Å². The van der Waals surface area contributed by atoms with Crippen molar-refractivity contribution in [2.24, 2.45) is 11.8 Å². The summed E-state index contributed by atoms with van der Waals surface area (Å²) in [6.45, 7) is 2.18. The number of carboxylic acid groups (broad SMARTS) is 1. The molecule has 1 aliphatic rings. The number of aliphatic carboxylic acids is 1. The Labute approximate surface area is 151 Å². The van der Waals surface area contributed by atoms with Gasteiger partial charge in [-0.25, -0.2) is 0 Å². The number of carboxylic acids is 1. The first-order valence-electron chi connectivity index (χ1n) is 9.61. The molecule has 0 aromatic carbocycles. The van der Waals surface area contributed by atoms with E-state index >= 15 is 0 Å². The Kier molecular flexibility index (Phi) is 10.9. The first-order chi connectivity index (χ1) is 12.0. The van der Waals surface area contributed by atoms with Crippen molar-refractivity contribution in [1.82, 2.24) is 0 Å². The fourth-order valence-corrected chi connectivity index (χ4v) is 3.27. The lowest BCUT2D eigenvalue weighted by Crippen LogP contribution is -2.17. The second-order valence-electron chi connectivity index (χ2n) is 6.91. The fraction of sp³-hybridized carbons (Fsp3) is 0.714. The lowest BCUT2D eigenvalue weighted by atomic mass is 9.91. The Hall–Kier alpha value is -1.60. The van der Waals surface area contributed by atoms with Gasteiger partial charge in [0.25, 0.3) is 0 Å². The molecule has 0 aromatic heterocycles. The van der Waals surface area contributed by atoms with Gasteiger partial charge in [0.05, 0.1) is 12.5 Å². The van der Waals surface area contributed by atoms with Crippen LogP contribution in [0.25, 0.3) is 0 Å². The van der Waals surface area contributed by atoms with Gasteiger partial charge in [-0.15, -0.1) is 11.8 Å². The molecule has 2 N–H and O–H groups in total. The highest BCUT2D eigenvalue weighted by Crippen LogP contribution is 2.35. The van der Waals surface area contributed by atoms with Crippen LogP contribution < -0.4 is 0 Å². The molecular weight excluding hydrogens is 316 g/mol. The van der Waals surface area contributed by atoms with Crippen molar-refractivity contribution < 1.29 is 19.8 Å². The van der Waals surface area contributed by atoms with Crippen molar-refractivity contribution in [3.05, 3.63) is 12.2 Å². The number of carbonyl (C=O) groups is 2. The molecule has 1 fully saturated rings. The van der Waals surface area contributed by atoms with Crippen molar-refractivity contribution in [2.75, 3.05) is 0 Å². The molecule has 1 saturated carbocycles. The summed E-state index contributed by atoms with van der Waals surface area (Å²) in [5, 5.41) is 18.7. The molecule has 25 heavy (non-hydrogen) atoms. The van der Waals surface area contributed by atoms with Crippen molar-refractivity contribution >= 4 is 11.8 Å². The molecule has 0 aromatic rings. The molecule has 140 valence electrons. The number of carbonyl (C=O) groups excluding carboxylic acids is 1. The van der Waals surface area contributed by atoms with Gasteiger partial charge in [0.1, 0.15) is 0 Å². The number of ketones is 1.